The molecule has 1 aromatic heterocycles. The first kappa shape index (κ1) is 14.2. The number of benzene rings is 2. The topological polar surface area (TPSA) is 24.9 Å². The van der Waals surface area contributed by atoms with Crippen LogP contribution in [0.3, 0.4) is 0 Å². The average molecular weight is 296 g/mol. The fraction of sp³-hybridized carbons (Fsp3) is 0.278. The van der Waals surface area contributed by atoms with Crippen molar-refractivity contribution in [3.63, 3.8) is 0 Å². The number of aromatic nitrogens is 1. The maximum atomic E-state index is 4.92. The zero-order valence-corrected chi connectivity index (χ0v) is 13.3. The van der Waals surface area contributed by atoms with Gasteiger partial charge in [0.05, 0.1) is 5.69 Å². The molecule has 0 saturated heterocycles. The van der Waals surface area contributed by atoms with Gasteiger partial charge in [0.2, 0.25) is 0 Å². The van der Waals surface area contributed by atoms with Crippen molar-refractivity contribution < 1.29 is 0 Å². The van der Waals surface area contributed by atoms with Crippen molar-refractivity contribution >= 4 is 22.1 Å². The second-order valence-electron chi connectivity index (χ2n) is 5.20. The lowest BCUT2D eigenvalue weighted by Crippen LogP contribution is -2.05. The highest BCUT2D eigenvalue weighted by molar-refractivity contribution is 7.15. The minimum Gasteiger partial charge on any atom is -0.315 e. The van der Waals surface area contributed by atoms with E-state index in [1.807, 2.05) is 18.4 Å². The summed E-state index contributed by atoms with van der Waals surface area (Å²) in [6.07, 6.45) is 2.19. The average Bonchev–Trinajstić information content (AvgIpc) is 2.90. The molecule has 0 bridgehead atoms. The van der Waals surface area contributed by atoms with Gasteiger partial charge in [-0.15, -0.1) is 11.3 Å². The van der Waals surface area contributed by atoms with Crippen LogP contribution in [0.2, 0.25) is 0 Å². The number of nitrogens with zero attached hydrogens (tertiary/aromatic N) is 1. The fourth-order valence-corrected chi connectivity index (χ4v) is 3.80. The molecule has 21 heavy (non-hydrogen) atoms. The van der Waals surface area contributed by atoms with E-state index in [0.29, 0.717) is 0 Å². The second-order valence-corrected chi connectivity index (χ2v) is 6.28. The number of hydrogen-bond acceptors (Lipinski definition) is 3. The lowest BCUT2D eigenvalue weighted by atomic mass is 10.1. The van der Waals surface area contributed by atoms with Crippen LogP contribution in [0.4, 0.5) is 0 Å². The van der Waals surface area contributed by atoms with E-state index in [9.17, 15) is 0 Å². The Balaban J connectivity index is 2.12. The molecule has 0 radical (unpaired) electrons. The Hall–Kier alpha value is -1.71. The predicted molar refractivity (Wildman–Crippen MR) is 91.8 cm³/mol. The summed E-state index contributed by atoms with van der Waals surface area (Å²) in [6, 6.07) is 15.0. The maximum Gasteiger partial charge on any atom is 0.124 e. The fourth-order valence-electron chi connectivity index (χ4n) is 2.64. The first-order valence-corrected chi connectivity index (χ1v) is 8.26. The van der Waals surface area contributed by atoms with Crippen LogP contribution in [0.25, 0.3) is 21.3 Å². The summed E-state index contributed by atoms with van der Waals surface area (Å²) in [4.78, 5) is 6.28. The van der Waals surface area contributed by atoms with Crippen molar-refractivity contribution in [3.8, 4) is 10.6 Å². The van der Waals surface area contributed by atoms with E-state index in [1.165, 1.54) is 26.9 Å². The highest BCUT2D eigenvalue weighted by Crippen LogP contribution is 2.33. The molecule has 3 aromatic rings. The smallest absolute Gasteiger partial charge is 0.124 e. The van der Waals surface area contributed by atoms with Crippen molar-refractivity contribution in [2.24, 2.45) is 0 Å². The monoisotopic (exact) mass is 296 g/mol. The molecular formula is C18H20N2S. The van der Waals surface area contributed by atoms with Crippen LogP contribution in [0.15, 0.2) is 42.5 Å². The van der Waals surface area contributed by atoms with Crippen LogP contribution in [0.5, 0.6) is 0 Å². The third-order valence-electron chi connectivity index (χ3n) is 3.62. The summed E-state index contributed by atoms with van der Waals surface area (Å²) >= 11 is 1.82. The van der Waals surface area contributed by atoms with E-state index < -0.39 is 0 Å². The molecule has 0 saturated carbocycles. The third kappa shape index (κ3) is 2.85. The Labute approximate surface area is 129 Å². The number of aryl methyl sites for hydroxylation is 1. The zero-order chi connectivity index (χ0) is 14.7. The van der Waals surface area contributed by atoms with Crippen LogP contribution in [0, 0.1) is 0 Å². The molecule has 3 heteroatoms. The van der Waals surface area contributed by atoms with E-state index in [1.54, 1.807) is 0 Å². The van der Waals surface area contributed by atoms with Gasteiger partial charge in [0, 0.05) is 17.0 Å². The largest absolute Gasteiger partial charge is 0.315 e. The van der Waals surface area contributed by atoms with Gasteiger partial charge in [-0.3, -0.25) is 0 Å². The van der Waals surface area contributed by atoms with Crippen molar-refractivity contribution in [1.82, 2.24) is 10.3 Å². The molecule has 1 heterocycles. The van der Waals surface area contributed by atoms with Crippen LogP contribution < -0.4 is 5.32 Å². The summed E-state index contributed by atoms with van der Waals surface area (Å²) in [7, 11) is 1.99. The van der Waals surface area contributed by atoms with Gasteiger partial charge in [0.25, 0.3) is 0 Å². The summed E-state index contributed by atoms with van der Waals surface area (Å²) in [5, 5.41) is 6.95. The van der Waals surface area contributed by atoms with Crippen molar-refractivity contribution in [2.45, 2.75) is 26.3 Å². The van der Waals surface area contributed by atoms with E-state index in [-0.39, 0.29) is 0 Å². The molecule has 1 N–H and O–H groups in total. The molecule has 2 aromatic carbocycles. The number of thiazole rings is 1. The van der Waals surface area contributed by atoms with Crippen LogP contribution >= 0.6 is 11.3 Å². The van der Waals surface area contributed by atoms with Crippen molar-refractivity contribution in [1.29, 1.82) is 0 Å². The van der Waals surface area contributed by atoms with Crippen molar-refractivity contribution in [2.75, 3.05) is 7.05 Å². The molecule has 0 aliphatic heterocycles. The number of fused-ring (bicyclic) bond motifs is 1. The quantitative estimate of drug-likeness (QED) is 0.742. The SMILES string of the molecule is CCCc1nc(-c2cccc3ccccc23)sc1CNC. The first-order chi connectivity index (χ1) is 10.3. The maximum absolute atomic E-state index is 4.92. The molecule has 0 amide bonds. The molecular weight excluding hydrogens is 276 g/mol. The minimum absolute atomic E-state index is 0.901. The Morgan fingerprint density at radius 2 is 1.90 bits per heavy atom. The molecule has 3 rings (SSSR count). The van der Waals surface area contributed by atoms with Crippen LogP contribution in [0.1, 0.15) is 23.9 Å². The van der Waals surface area contributed by atoms with Gasteiger partial charge in [-0.25, -0.2) is 4.98 Å². The molecule has 0 fully saturated rings. The van der Waals surface area contributed by atoms with E-state index >= 15 is 0 Å². The third-order valence-corrected chi connectivity index (χ3v) is 4.75. The van der Waals surface area contributed by atoms with Gasteiger partial charge in [0.15, 0.2) is 0 Å². The summed E-state index contributed by atoms with van der Waals surface area (Å²) in [5.74, 6) is 0. The van der Waals surface area contributed by atoms with Gasteiger partial charge in [-0.1, -0.05) is 55.8 Å². The molecule has 0 spiro atoms. The predicted octanol–water partition coefficient (Wildman–Crippen LogP) is 4.64. The van der Waals surface area contributed by atoms with Crippen LogP contribution in [-0.4, -0.2) is 12.0 Å². The lowest BCUT2D eigenvalue weighted by Gasteiger charge is -2.03. The number of nitrogens with one attached hydrogen (secondary N) is 1. The standard InChI is InChI=1S/C18H20N2S/c1-3-7-16-17(12-19-2)21-18(20-16)15-11-6-9-13-8-4-5-10-14(13)15/h4-6,8-11,19H,3,7,12H2,1-2H3. The first-order valence-electron chi connectivity index (χ1n) is 7.44. The Bertz CT molecular complexity index is 717. The lowest BCUT2D eigenvalue weighted by molar-refractivity contribution is 0.798. The normalized spacial score (nSPS) is 11.1. The van der Waals surface area contributed by atoms with Crippen molar-refractivity contribution in [3.05, 3.63) is 53.0 Å². The van der Waals surface area contributed by atoms with Gasteiger partial charge in [-0.05, 0) is 24.2 Å². The Kier molecular flexibility index (Phi) is 4.32. The summed E-state index contributed by atoms with van der Waals surface area (Å²) in [5.41, 5.74) is 2.50. The molecule has 0 atom stereocenters. The molecule has 108 valence electrons. The zero-order valence-electron chi connectivity index (χ0n) is 12.5. The molecule has 0 unspecified atom stereocenters. The van der Waals surface area contributed by atoms with Gasteiger partial charge in [0.1, 0.15) is 5.01 Å². The Morgan fingerprint density at radius 3 is 2.71 bits per heavy atom. The number of hydrogen-bond donors (Lipinski definition) is 1. The van der Waals surface area contributed by atoms with E-state index in [2.05, 4.69) is 54.7 Å². The van der Waals surface area contributed by atoms with Gasteiger partial charge in [-0.2, -0.15) is 0 Å². The van der Waals surface area contributed by atoms with E-state index in [0.717, 1.165) is 24.4 Å². The number of rotatable bonds is 5. The Morgan fingerprint density at radius 1 is 1.10 bits per heavy atom. The van der Waals surface area contributed by atoms with E-state index in [4.69, 9.17) is 4.98 Å². The second kappa shape index (κ2) is 6.37. The van der Waals surface area contributed by atoms with Crippen LogP contribution in [-0.2, 0) is 13.0 Å². The van der Waals surface area contributed by atoms with Gasteiger partial charge >= 0.3 is 0 Å². The molecule has 2 nitrogen and oxygen atoms in total. The minimum atomic E-state index is 0.901. The molecule has 0 aliphatic rings. The summed E-state index contributed by atoms with van der Waals surface area (Å²) < 4.78 is 0. The highest BCUT2D eigenvalue weighted by atomic mass is 32.1. The molecule has 0 aliphatic carbocycles. The highest BCUT2D eigenvalue weighted by Gasteiger charge is 2.13. The summed E-state index contributed by atoms with van der Waals surface area (Å²) in [6.45, 7) is 3.11. The van der Waals surface area contributed by atoms with Gasteiger partial charge < -0.3 is 5.32 Å².